The predicted octanol–water partition coefficient (Wildman–Crippen LogP) is 1.80. The normalized spacial score (nSPS) is 24.6. The quantitative estimate of drug-likeness (QED) is 0.779. The molecule has 2 aliphatic rings. The van der Waals surface area contributed by atoms with Crippen LogP contribution in [0.5, 0.6) is 0 Å². The van der Waals surface area contributed by atoms with Gasteiger partial charge in [0.25, 0.3) is 0 Å². The zero-order chi connectivity index (χ0) is 14.1. The molecule has 1 aliphatic carbocycles. The number of likely N-dealkylation sites (N-methyl/N-ethyl adjacent to an activating group) is 2. The van der Waals surface area contributed by atoms with Gasteiger partial charge in [-0.15, -0.1) is 0 Å². The van der Waals surface area contributed by atoms with Gasteiger partial charge in [-0.3, -0.25) is 0 Å². The van der Waals surface area contributed by atoms with E-state index in [0.717, 1.165) is 44.7 Å². The first-order valence-corrected chi connectivity index (χ1v) is 7.94. The van der Waals surface area contributed by atoms with Crippen LogP contribution in [-0.4, -0.2) is 59.5 Å². The smallest absolute Gasteiger partial charge is 0.136 e. The Kier molecular flexibility index (Phi) is 4.24. The van der Waals surface area contributed by atoms with Gasteiger partial charge in [-0.1, -0.05) is 11.6 Å². The summed E-state index contributed by atoms with van der Waals surface area (Å²) in [4.78, 5) is 14.1. The third-order valence-electron chi connectivity index (χ3n) is 4.58. The minimum atomic E-state index is 0.492. The molecule has 2 heterocycles. The SMILES string of the molecule is CN1CCN(C)C(Cc2nc(Cl)c3c(n2)CCCC3)C1. The Balaban J connectivity index is 1.78. The maximum atomic E-state index is 6.35. The summed E-state index contributed by atoms with van der Waals surface area (Å²) >= 11 is 6.35. The number of fused-ring (bicyclic) bond motifs is 1. The molecule has 1 fully saturated rings. The van der Waals surface area contributed by atoms with E-state index < -0.39 is 0 Å². The molecule has 0 N–H and O–H groups in total. The summed E-state index contributed by atoms with van der Waals surface area (Å²) < 4.78 is 0. The lowest BCUT2D eigenvalue weighted by Gasteiger charge is -2.37. The minimum absolute atomic E-state index is 0.492. The van der Waals surface area contributed by atoms with E-state index in [1.165, 1.54) is 24.1 Å². The summed E-state index contributed by atoms with van der Waals surface area (Å²) in [7, 11) is 4.37. The number of rotatable bonds is 2. The van der Waals surface area contributed by atoms with Gasteiger partial charge in [0, 0.05) is 43.4 Å². The summed E-state index contributed by atoms with van der Waals surface area (Å²) in [6.07, 6.45) is 5.44. The topological polar surface area (TPSA) is 32.3 Å². The van der Waals surface area contributed by atoms with Gasteiger partial charge in [-0.25, -0.2) is 9.97 Å². The molecule has 0 saturated carbocycles. The van der Waals surface area contributed by atoms with E-state index in [1.807, 2.05) is 0 Å². The lowest BCUT2D eigenvalue weighted by molar-refractivity contribution is 0.113. The van der Waals surface area contributed by atoms with Crippen molar-refractivity contribution in [3.8, 4) is 0 Å². The van der Waals surface area contributed by atoms with Crippen molar-refractivity contribution in [1.82, 2.24) is 19.8 Å². The van der Waals surface area contributed by atoms with Crippen LogP contribution in [0.2, 0.25) is 5.15 Å². The maximum Gasteiger partial charge on any atom is 0.136 e. The van der Waals surface area contributed by atoms with Gasteiger partial charge in [0.05, 0.1) is 0 Å². The average Bonchev–Trinajstić information content (AvgIpc) is 2.43. The lowest BCUT2D eigenvalue weighted by atomic mass is 9.97. The van der Waals surface area contributed by atoms with Crippen LogP contribution >= 0.6 is 11.6 Å². The van der Waals surface area contributed by atoms with Gasteiger partial charge in [0.1, 0.15) is 11.0 Å². The number of halogens is 1. The van der Waals surface area contributed by atoms with E-state index in [9.17, 15) is 0 Å². The van der Waals surface area contributed by atoms with Crippen LogP contribution in [0.15, 0.2) is 0 Å². The van der Waals surface area contributed by atoms with Gasteiger partial charge < -0.3 is 9.80 Å². The lowest BCUT2D eigenvalue weighted by Crippen LogP contribution is -2.51. The third-order valence-corrected chi connectivity index (χ3v) is 4.89. The number of nitrogens with zero attached hydrogens (tertiary/aromatic N) is 4. The van der Waals surface area contributed by atoms with Crippen molar-refractivity contribution >= 4 is 11.6 Å². The molecule has 110 valence electrons. The Morgan fingerprint density at radius 3 is 2.80 bits per heavy atom. The van der Waals surface area contributed by atoms with Crippen molar-refractivity contribution in [3.63, 3.8) is 0 Å². The van der Waals surface area contributed by atoms with Gasteiger partial charge in [0.15, 0.2) is 0 Å². The van der Waals surface area contributed by atoms with Crippen LogP contribution in [0.3, 0.4) is 0 Å². The fraction of sp³-hybridized carbons (Fsp3) is 0.733. The van der Waals surface area contributed by atoms with Crippen LogP contribution in [0.4, 0.5) is 0 Å². The minimum Gasteiger partial charge on any atom is -0.304 e. The molecule has 1 unspecified atom stereocenters. The number of hydrogen-bond donors (Lipinski definition) is 0. The van der Waals surface area contributed by atoms with E-state index in [2.05, 4.69) is 28.9 Å². The molecule has 3 rings (SSSR count). The van der Waals surface area contributed by atoms with Gasteiger partial charge >= 0.3 is 0 Å². The molecule has 0 bridgehead atoms. The second-order valence-electron chi connectivity index (χ2n) is 6.16. The summed E-state index contributed by atoms with van der Waals surface area (Å²) in [5.41, 5.74) is 2.38. The maximum absolute atomic E-state index is 6.35. The molecule has 0 radical (unpaired) electrons. The fourth-order valence-corrected chi connectivity index (χ4v) is 3.52. The zero-order valence-corrected chi connectivity index (χ0v) is 13.2. The van der Waals surface area contributed by atoms with Gasteiger partial charge in [0.2, 0.25) is 0 Å². The molecule has 0 amide bonds. The zero-order valence-electron chi connectivity index (χ0n) is 12.4. The van der Waals surface area contributed by atoms with Crippen molar-refractivity contribution in [1.29, 1.82) is 0 Å². The molecular weight excluding hydrogens is 272 g/mol. The van der Waals surface area contributed by atoms with E-state index in [4.69, 9.17) is 16.6 Å². The first kappa shape index (κ1) is 14.2. The Hall–Kier alpha value is -0.710. The summed E-state index contributed by atoms with van der Waals surface area (Å²) in [6.45, 7) is 3.33. The molecule has 1 aromatic rings. The number of aromatic nitrogens is 2. The standard InChI is InChI=1S/C15H23ClN4/c1-19-7-8-20(2)11(10-19)9-14-17-13-6-4-3-5-12(13)15(16)18-14/h11H,3-10H2,1-2H3. The number of hydrogen-bond acceptors (Lipinski definition) is 4. The molecule has 1 saturated heterocycles. The van der Waals surface area contributed by atoms with Crippen molar-refractivity contribution in [2.45, 2.75) is 38.1 Å². The second-order valence-corrected chi connectivity index (χ2v) is 6.52. The van der Waals surface area contributed by atoms with Crippen LogP contribution in [-0.2, 0) is 19.3 Å². The molecule has 20 heavy (non-hydrogen) atoms. The van der Waals surface area contributed by atoms with Gasteiger partial charge in [-0.05, 0) is 39.8 Å². The van der Waals surface area contributed by atoms with Crippen molar-refractivity contribution in [3.05, 3.63) is 22.2 Å². The van der Waals surface area contributed by atoms with Crippen molar-refractivity contribution in [2.24, 2.45) is 0 Å². The Bertz CT molecular complexity index is 491. The number of piperazine rings is 1. The van der Waals surface area contributed by atoms with Gasteiger partial charge in [-0.2, -0.15) is 0 Å². The predicted molar refractivity (Wildman–Crippen MR) is 81.3 cm³/mol. The van der Waals surface area contributed by atoms with E-state index >= 15 is 0 Å². The van der Waals surface area contributed by atoms with Crippen LogP contribution in [0.1, 0.15) is 29.9 Å². The highest BCUT2D eigenvalue weighted by Crippen LogP contribution is 2.25. The fourth-order valence-electron chi connectivity index (χ4n) is 3.22. The molecule has 0 spiro atoms. The highest BCUT2D eigenvalue weighted by atomic mass is 35.5. The molecular formula is C15H23ClN4. The largest absolute Gasteiger partial charge is 0.304 e. The van der Waals surface area contributed by atoms with Crippen molar-refractivity contribution < 1.29 is 0 Å². The third kappa shape index (κ3) is 2.97. The Morgan fingerprint density at radius 1 is 1.15 bits per heavy atom. The summed E-state index contributed by atoms with van der Waals surface area (Å²) in [6, 6.07) is 0.492. The highest BCUT2D eigenvalue weighted by Gasteiger charge is 2.24. The van der Waals surface area contributed by atoms with E-state index in [0.29, 0.717) is 11.2 Å². The molecule has 5 heteroatoms. The average molecular weight is 295 g/mol. The Morgan fingerprint density at radius 2 is 1.95 bits per heavy atom. The summed E-state index contributed by atoms with van der Waals surface area (Å²) in [5.74, 6) is 0.919. The van der Waals surface area contributed by atoms with Crippen LogP contribution in [0, 0.1) is 0 Å². The highest BCUT2D eigenvalue weighted by molar-refractivity contribution is 6.30. The first-order valence-electron chi connectivity index (χ1n) is 7.56. The Labute approximate surface area is 126 Å². The first-order chi connectivity index (χ1) is 9.63. The number of aryl methyl sites for hydroxylation is 1. The molecule has 1 atom stereocenters. The molecule has 1 aliphatic heterocycles. The van der Waals surface area contributed by atoms with Crippen molar-refractivity contribution in [2.75, 3.05) is 33.7 Å². The molecule has 0 aromatic carbocycles. The summed E-state index contributed by atoms with van der Waals surface area (Å²) in [5, 5.41) is 0.691. The monoisotopic (exact) mass is 294 g/mol. The molecule has 4 nitrogen and oxygen atoms in total. The second kappa shape index (κ2) is 5.96. The van der Waals surface area contributed by atoms with E-state index in [-0.39, 0.29) is 0 Å². The molecule has 1 aromatic heterocycles. The van der Waals surface area contributed by atoms with Crippen LogP contribution < -0.4 is 0 Å². The van der Waals surface area contributed by atoms with E-state index in [1.54, 1.807) is 0 Å². The van der Waals surface area contributed by atoms with Crippen LogP contribution in [0.25, 0.3) is 0 Å².